The van der Waals surface area contributed by atoms with E-state index in [-0.39, 0.29) is 10.0 Å². The van der Waals surface area contributed by atoms with Gasteiger partial charge in [-0.25, -0.2) is 13.2 Å². The molecule has 0 atom stereocenters. The summed E-state index contributed by atoms with van der Waals surface area (Å²) in [5.74, 6) is -0.591. The van der Waals surface area contributed by atoms with E-state index in [9.17, 15) is 13.2 Å². The number of hydrogen-bond donors (Lipinski definition) is 0. The fourth-order valence-electron chi connectivity index (χ4n) is 0.729. The maximum atomic E-state index is 12.7. The smallest absolute Gasteiger partial charge is 0.251 e. The summed E-state index contributed by atoms with van der Waals surface area (Å²) in [6.07, 6.45) is -1.89. The highest BCUT2D eigenvalue weighted by molar-refractivity contribution is 9.10. The Bertz CT molecular complexity index is 301. The van der Waals surface area contributed by atoms with Crippen LogP contribution in [0, 0.1) is 12.7 Å². The van der Waals surface area contributed by atoms with Crippen LogP contribution in [0.15, 0.2) is 10.7 Å². The van der Waals surface area contributed by atoms with Gasteiger partial charge in [-0.1, -0.05) is 0 Å². The Morgan fingerprint density at radius 2 is 2.08 bits per heavy atom. The van der Waals surface area contributed by atoms with Crippen molar-refractivity contribution in [2.24, 2.45) is 0 Å². The summed E-state index contributed by atoms with van der Waals surface area (Å²) in [5, 5.41) is 0. The molecule has 0 saturated heterocycles. The molecule has 0 amide bonds. The Hall–Kier alpha value is -0.580. The van der Waals surface area contributed by atoms with Gasteiger partial charge in [-0.15, -0.1) is 0 Å². The molecule has 0 aliphatic carbocycles. The molecule has 0 N–H and O–H groups in total. The van der Waals surface area contributed by atoms with E-state index in [4.69, 9.17) is 0 Å². The van der Waals surface area contributed by atoms with Gasteiger partial charge < -0.3 is 0 Å². The molecule has 0 fully saturated rings. The van der Waals surface area contributed by atoms with E-state index in [1.807, 2.05) is 0 Å². The van der Waals surface area contributed by atoms with Crippen LogP contribution in [0.3, 0.4) is 0 Å². The average molecular weight is 240 g/mol. The van der Waals surface area contributed by atoms with Crippen molar-refractivity contribution in [1.29, 1.82) is 0 Å². The highest BCUT2D eigenvalue weighted by Crippen LogP contribution is 2.28. The quantitative estimate of drug-likeness (QED) is 0.734. The first-order valence-electron chi connectivity index (χ1n) is 3.12. The first-order valence-corrected chi connectivity index (χ1v) is 3.92. The lowest BCUT2D eigenvalue weighted by molar-refractivity contribution is 0.145. The van der Waals surface area contributed by atoms with Gasteiger partial charge in [0.05, 0.1) is 10.7 Å². The number of pyridine rings is 1. The molecule has 1 aromatic heterocycles. The fraction of sp³-hybridized carbons (Fsp3) is 0.286. The number of aromatic nitrogens is 1. The number of halogens is 4. The van der Waals surface area contributed by atoms with Crippen LogP contribution in [0.1, 0.15) is 17.7 Å². The van der Waals surface area contributed by atoms with Gasteiger partial charge in [-0.2, -0.15) is 0 Å². The van der Waals surface area contributed by atoms with E-state index in [1.165, 1.54) is 6.92 Å². The molecule has 5 heteroatoms. The second-order valence-corrected chi connectivity index (χ2v) is 3.02. The largest absolute Gasteiger partial charge is 0.281 e. The van der Waals surface area contributed by atoms with E-state index in [1.54, 1.807) is 0 Å². The summed E-state index contributed by atoms with van der Waals surface area (Å²) in [5.41, 5.74) is -0.269. The van der Waals surface area contributed by atoms with Crippen molar-refractivity contribution in [3.63, 3.8) is 0 Å². The Kier molecular flexibility index (Phi) is 2.72. The standard InChI is InChI=1S/C7H5BrF3N/c1-3-4(9)2-12-6(5(3)8)7(10)11/h2,7H,1H3. The van der Waals surface area contributed by atoms with Crippen molar-refractivity contribution in [2.45, 2.75) is 13.3 Å². The molecule has 1 nitrogen and oxygen atoms in total. The van der Waals surface area contributed by atoms with Crippen LogP contribution in [-0.2, 0) is 0 Å². The molecule has 0 radical (unpaired) electrons. The number of rotatable bonds is 1. The number of alkyl halides is 2. The molecule has 0 spiro atoms. The molecule has 12 heavy (non-hydrogen) atoms. The van der Waals surface area contributed by atoms with E-state index in [0.29, 0.717) is 0 Å². The molecule has 1 aromatic rings. The summed E-state index contributed by atoms with van der Waals surface area (Å²) in [7, 11) is 0. The summed E-state index contributed by atoms with van der Waals surface area (Å²) in [6.45, 7) is 1.41. The third kappa shape index (κ3) is 1.60. The van der Waals surface area contributed by atoms with Crippen molar-refractivity contribution in [1.82, 2.24) is 4.98 Å². The molecule has 1 heterocycles. The van der Waals surface area contributed by atoms with Crippen LogP contribution >= 0.6 is 15.9 Å². The van der Waals surface area contributed by atoms with Crippen molar-refractivity contribution in [3.05, 3.63) is 27.7 Å². The lowest BCUT2D eigenvalue weighted by atomic mass is 10.2. The lowest BCUT2D eigenvalue weighted by Crippen LogP contribution is -1.96. The van der Waals surface area contributed by atoms with Crippen molar-refractivity contribution in [2.75, 3.05) is 0 Å². The van der Waals surface area contributed by atoms with Crippen LogP contribution in [0.4, 0.5) is 13.2 Å². The molecule has 0 bridgehead atoms. The molecular formula is C7H5BrF3N. The van der Waals surface area contributed by atoms with Gasteiger partial charge >= 0.3 is 0 Å². The van der Waals surface area contributed by atoms with Crippen LogP contribution < -0.4 is 0 Å². The van der Waals surface area contributed by atoms with Crippen LogP contribution in [0.25, 0.3) is 0 Å². The van der Waals surface area contributed by atoms with Crippen LogP contribution in [0.5, 0.6) is 0 Å². The zero-order chi connectivity index (χ0) is 9.30. The minimum atomic E-state index is -2.68. The van der Waals surface area contributed by atoms with Gasteiger partial charge in [0.2, 0.25) is 0 Å². The Morgan fingerprint density at radius 3 is 2.58 bits per heavy atom. The molecular weight excluding hydrogens is 235 g/mol. The maximum absolute atomic E-state index is 12.7. The Labute approximate surface area is 75.7 Å². The molecule has 1 rings (SSSR count). The predicted molar refractivity (Wildman–Crippen MR) is 41.6 cm³/mol. The molecule has 0 aliphatic heterocycles. The van der Waals surface area contributed by atoms with E-state index >= 15 is 0 Å². The average Bonchev–Trinajstić information content (AvgIpc) is 2.00. The SMILES string of the molecule is Cc1c(F)cnc(C(F)F)c1Br. The van der Waals surface area contributed by atoms with E-state index in [0.717, 1.165) is 6.20 Å². The minimum absolute atomic E-state index is 0.0394. The predicted octanol–water partition coefficient (Wildman–Crippen LogP) is 3.23. The first-order chi connectivity index (χ1) is 5.54. The van der Waals surface area contributed by atoms with Crippen molar-refractivity contribution < 1.29 is 13.2 Å². The summed E-state index contributed by atoms with van der Waals surface area (Å²) in [4.78, 5) is 3.27. The van der Waals surface area contributed by atoms with Crippen LogP contribution in [-0.4, -0.2) is 4.98 Å². The highest BCUT2D eigenvalue weighted by atomic mass is 79.9. The van der Waals surface area contributed by atoms with E-state index < -0.39 is 17.9 Å². The summed E-state index contributed by atoms with van der Waals surface area (Å²) in [6, 6.07) is 0. The normalized spacial score (nSPS) is 10.8. The zero-order valence-corrected chi connectivity index (χ0v) is 7.70. The molecule has 0 aliphatic rings. The van der Waals surface area contributed by atoms with Crippen molar-refractivity contribution in [3.8, 4) is 0 Å². The zero-order valence-electron chi connectivity index (χ0n) is 6.11. The number of nitrogens with zero attached hydrogens (tertiary/aromatic N) is 1. The maximum Gasteiger partial charge on any atom is 0.281 e. The minimum Gasteiger partial charge on any atom is -0.251 e. The second kappa shape index (κ2) is 3.43. The van der Waals surface area contributed by atoms with E-state index in [2.05, 4.69) is 20.9 Å². The van der Waals surface area contributed by atoms with Gasteiger partial charge in [-0.05, 0) is 22.9 Å². The summed E-state index contributed by atoms with van der Waals surface area (Å²) >= 11 is 2.85. The molecule has 0 unspecified atom stereocenters. The molecule has 0 aromatic carbocycles. The molecule has 66 valence electrons. The Balaban J connectivity index is 3.27. The Morgan fingerprint density at radius 1 is 1.50 bits per heavy atom. The van der Waals surface area contributed by atoms with Gasteiger partial charge in [-0.3, -0.25) is 4.98 Å². The van der Waals surface area contributed by atoms with Crippen molar-refractivity contribution >= 4 is 15.9 Å². The second-order valence-electron chi connectivity index (χ2n) is 2.23. The van der Waals surface area contributed by atoms with Crippen LogP contribution in [0.2, 0.25) is 0 Å². The fourth-order valence-corrected chi connectivity index (χ4v) is 1.19. The topological polar surface area (TPSA) is 12.9 Å². The summed E-state index contributed by atoms with van der Waals surface area (Å²) < 4.78 is 37.0. The molecule has 0 saturated carbocycles. The first kappa shape index (κ1) is 9.51. The monoisotopic (exact) mass is 239 g/mol. The third-order valence-electron chi connectivity index (χ3n) is 1.44. The van der Waals surface area contributed by atoms with Gasteiger partial charge in [0.1, 0.15) is 11.5 Å². The van der Waals surface area contributed by atoms with Gasteiger partial charge in [0.15, 0.2) is 0 Å². The van der Waals surface area contributed by atoms with Gasteiger partial charge in [0.25, 0.3) is 6.43 Å². The van der Waals surface area contributed by atoms with Gasteiger partial charge in [0, 0.05) is 5.56 Å². The highest BCUT2D eigenvalue weighted by Gasteiger charge is 2.16. The third-order valence-corrected chi connectivity index (χ3v) is 2.44. The number of hydrogen-bond acceptors (Lipinski definition) is 1. The lowest BCUT2D eigenvalue weighted by Gasteiger charge is -2.04.